The van der Waals surface area contributed by atoms with Gasteiger partial charge in [0.15, 0.2) is 0 Å². The van der Waals surface area contributed by atoms with Crippen LogP contribution < -0.4 is 11.1 Å². The van der Waals surface area contributed by atoms with E-state index in [0.29, 0.717) is 12.1 Å². The van der Waals surface area contributed by atoms with E-state index in [-0.39, 0.29) is 23.7 Å². The fourth-order valence-corrected chi connectivity index (χ4v) is 1.94. The molecule has 0 fully saturated rings. The monoisotopic (exact) mass is 252 g/mol. The van der Waals surface area contributed by atoms with Crippen molar-refractivity contribution in [3.63, 3.8) is 0 Å². The summed E-state index contributed by atoms with van der Waals surface area (Å²) in [6, 6.07) is 6.12. The first-order valence-corrected chi connectivity index (χ1v) is 6.35. The molecule has 0 saturated carbocycles. The lowest BCUT2D eigenvalue weighted by Crippen LogP contribution is -2.36. The van der Waals surface area contributed by atoms with Gasteiger partial charge >= 0.3 is 0 Å². The molecule has 3 nitrogen and oxygen atoms in total. The third-order valence-electron chi connectivity index (χ3n) is 3.02. The van der Waals surface area contributed by atoms with Crippen molar-refractivity contribution < 1.29 is 9.18 Å². The Morgan fingerprint density at radius 2 is 2.11 bits per heavy atom. The molecule has 0 aliphatic carbocycles. The second-order valence-corrected chi connectivity index (χ2v) is 4.47. The summed E-state index contributed by atoms with van der Waals surface area (Å²) in [4.78, 5) is 11.9. The zero-order valence-corrected chi connectivity index (χ0v) is 10.9. The summed E-state index contributed by atoms with van der Waals surface area (Å²) < 4.78 is 13.5. The van der Waals surface area contributed by atoms with Crippen LogP contribution in [0, 0.1) is 11.7 Å². The van der Waals surface area contributed by atoms with E-state index < -0.39 is 0 Å². The average Bonchev–Trinajstić information content (AvgIpc) is 2.36. The van der Waals surface area contributed by atoms with E-state index in [0.717, 1.165) is 12.8 Å². The van der Waals surface area contributed by atoms with Crippen LogP contribution in [0.25, 0.3) is 0 Å². The predicted molar refractivity (Wildman–Crippen MR) is 70.4 cm³/mol. The third-order valence-corrected chi connectivity index (χ3v) is 3.02. The number of nitrogens with one attached hydrogen (secondary N) is 1. The van der Waals surface area contributed by atoms with Crippen molar-refractivity contribution in [1.29, 1.82) is 0 Å². The Morgan fingerprint density at radius 3 is 2.67 bits per heavy atom. The zero-order valence-electron chi connectivity index (χ0n) is 10.9. The Balaban J connectivity index is 2.67. The lowest BCUT2D eigenvalue weighted by atomic mass is 10.0. The molecule has 100 valence electrons. The Hall–Kier alpha value is -1.42. The normalized spacial score (nSPS) is 14.0. The minimum Gasteiger partial charge on any atom is -0.349 e. The van der Waals surface area contributed by atoms with E-state index in [1.54, 1.807) is 25.1 Å². The molecule has 2 atom stereocenters. The van der Waals surface area contributed by atoms with Gasteiger partial charge in [0.2, 0.25) is 5.91 Å². The van der Waals surface area contributed by atoms with Crippen molar-refractivity contribution in [3.8, 4) is 0 Å². The van der Waals surface area contributed by atoms with Crippen LogP contribution in [-0.4, -0.2) is 12.5 Å². The molecule has 1 aromatic rings. The van der Waals surface area contributed by atoms with Crippen molar-refractivity contribution in [2.45, 2.75) is 32.7 Å². The predicted octanol–water partition coefficient (Wildman–Crippen LogP) is 2.38. The average molecular weight is 252 g/mol. The summed E-state index contributed by atoms with van der Waals surface area (Å²) in [6.07, 6.45) is 1.66. The van der Waals surface area contributed by atoms with Crippen LogP contribution in [0.5, 0.6) is 0 Å². The smallest absolute Gasteiger partial charge is 0.224 e. The van der Waals surface area contributed by atoms with Gasteiger partial charge in [-0.1, -0.05) is 31.5 Å². The van der Waals surface area contributed by atoms with Gasteiger partial charge in [-0.25, -0.2) is 4.39 Å². The van der Waals surface area contributed by atoms with Crippen molar-refractivity contribution in [1.82, 2.24) is 5.32 Å². The molecule has 1 amide bonds. The zero-order chi connectivity index (χ0) is 13.5. The minimum atomic E-state index is -0.343. The van der Waals surface area contributed by atoms with E-state index in [1.165, 1.54) is 6.07 Å². The van der Waals surface area contributed by atoms with Crippen molar-refractivity contribution in [2.24, 2.45) is 11.7 Å². The van der Waals surface area contributed by atoms with E-state index in [9.17, 15) is 9.18 Å². The molecule has 0 heterocycles. The largest absolute Gasteiger partial charge is 0.349 e. The quantitative estimate of drug-likeness (QED) is 0.816. The van der Waals surface area contributed by atoms with E-state index in [1.807, 2.05) is 6.92 Å². The van der Waals surface area contributed by atoms with Gasteiger partial charge in [0.05, 0.1) is 12.0 Å². The second kappa shape index (κ2) is 7.11. The first-order valence-electron chi connectivity index (χ1n) is 6.35. The van der Waals surface area contributed by atoms with Crippen LogP contribution in [0.1, 0.15) is 38.3 Å². The Labute approximate surface area is 108 Å². The van der Waals surface area contributed by atoms with Gasteiger partial charge in [0, 0.05) is 12.1 Å². The maximum absolute atomic E-state index is 13.5. The summed E-state index contributed by atoms with van der Waals surface area (Å²) in [6.45, 7) is 4.11. The van der Waals surface area contributed by atoms with Crippen molar-refractivity contribution >= 4 is 5.91 Å². The Kier molecular flexibility index (Phi) is 5.78. The van der Waals surface area contributed by atoms with Crippen LogP contribution in [-0.2, 0) is 4.79 Å². The second-order valence-electron chi connectivity index (χ2n) is 4.47. The number of rotatable bonds is 6. The molecule has 18 heavy (non-hydrogen) atoms. The molecule has 3 N–H and O–H groups in total. The highest BCUT2D eigenvalue weighted by Crippen LogP contribution is 2.17. The molecule has 0 aliphatic heterocycles. The molecule has 0 spiro atoms. The summed E-state index contributed by atoms with van der Waals surface area (Å²) in [5, 5.41) is 2.81. The van der Waals surface area contributed by atoms with Crippen LogP contribution in [0.4, 0.5) is 4.39 Å². The SMILES string of the molecule is CCCC(CN)C(=O)N[C@H](C)c1ccccc1F. The highest BCUT2D eigenvalue weighted by molar-refractivity contribution is 5.79. The van der Waals surface area contributed by atoms with Gasteiger partial charge < -0.3 is 11.1 Å². The summed E-state index contributed by atoms with van der Waals surface area (Å²) in [5.74, 6) is -0.593. The molecule has 4 heteroatoms. The van der Waals surface area contributed by atoms with Gasteiger partial charge in [-0.05, 0) is 19.4 Å². The topological polar surface area (TPSA) is 55.1 Å². The van der Waals surface area contributed by atoms with Gasteiger partial charge in [-0.15, -0.1) is 0 Å². The van der Waals surface area contributed by atoms with E-state index >= 15 is 0 Å². The lowest BCUT2D eigenvalue weighted by Gasteiger charge is -2.19. The third kappa shape index (κ3) is 3.81. The molecule has 0 aromatic heterocycles. The number of carbonyl (C=O) groups is 1. The van der Waals surface area contributed by atoms with Crippen LogP contribution >= 0.6 is 0 Å². The summed E-state index contributed by atoms with van der Waals surface area (Å²) in [5.41, 5.74) is 6.07. The molecular weight excluding hydrogens is 231 g/mol. The van der Waals surface area contributed by atoms with Gasteiger partial charge in [-0.3, -0.25) is 4.79 Å². The Morgan fingerprint density at radius 1 is 1.44 bits per heavy atom. The van der Waals surface area contributed by atoms with Crippen LogP contribution in [0.3, 0.4) is 0 Å². The molecule has 1 aromatic carbocycles. The first-order chi connectivity index (χ1) is 8.60. The molecular formula is C14H21FN2O. The number of amides is 1. The highest BCUT2D eigenvalue weighted by atomic mass is 19.1. The van der Waals surface area contributed by atoms with E-state index in [4.69, 9.17) is 5.73 Å². The molecule has 0 radical (unpaired) electrons. The maximum atomic E-state index is 13.5. The van der Waals surface area contributed by atoms with Gasteiger partial charge in [0.25, 0.3) is 0 Å². The van der Waals surface area contributed by atoms with Crippen LogP contribution in [0.15, 0.2) is 24.3 Å². The number of benzene rings is 1. The summed E-state index contributed by atoms with van der Waals surface area (Å²) in [7, 11) is 0. The standard InChI is InChI=1S/C14H21FN2O/c1-3-6-11(9-16)14(18)17-10(2)12-7-4-5-8-13(12)15/h4-5,7-8,10-11H,3,6,9,16H2,1-2H3,(H,17,18)/t10-,11?/m1/s1. The minimum absolute atomic E-state index is 0.102. The number of carbonyl (C=O) groups excluding carboxylic acids is 1. The number of halogens is 1. The number of nitrogens with two attached hydrogens (primary N) is 1. The summed E-state index contributed by atoms with van der Waals surface area (Å²) >= 11 is 0. The van der Waals surface area contributed by atoms with E-state index in [2.05, 4.69) is 5.32 Å². The molecule has 1 rings (SSSR count). The number of hydrogen-bond acceptors (Lipinski definition) is 2. The van der Waals surface area contributed by atoms with Gasteiger partial charge in [-0.2, -0.15) is 0 Å². The van der Waals surface area contributed by atoms with Crippen molar-refractivity contribution in [2.75, 3.05) is 6.54 Å². The van der Waals surface area contributed by atoms with Crippen molar-refractivity contribution in [3.05, 3.63) is 35.6 Å². The highest BCUT2D eigenvalue weighted by Gasteiger charge is 2.19. The fourth-order valence-electron chi connectivity index (χ4n) is 1.94. The fraction of sp³-hybridized carbons (Fsp3) is 0.500. The Bertz CT molecular complexity index is 395. The maximum Gasteiger partial charge on any atom is 0.224 e. The van der Waals surface area contributed by atoms with Gasteiger partial charge in [0.1, 0.15) is 5.82 Å². The molecule has 0 aliphatic rings. The molecule has 1 unspecified atom stereocenters. The number of hydrogen-bond donors (Lipinski definition) is 2. The first kappa shape index (κ1) is 14.6. The van der Waals surface area contributed by atoms with Crippen LogP contribution in [0.2, 0.25) is 0 Å². The molecule has 0 bridgehead atoms. The lowest BCUT2D eigenvalue weighted by molar-refractivity contribution is -0.125. The molecule has 0 saturated heterocycles.